The van der Waals surface area contributed by atoms with Crippen LogP contribution >= 0.6 is 24.0 Å². The number of hydrogen-bond donors (Lipinski definition) is 2. The van der Waals surface area contributed by atoms with E-state index < -0.39 is 0 Å². The molecule has 1 aliphatic heterocycles. The molecule has 0 amide bonds. The zero-order valence-electron chi connectivity index (χ0n) is 15.6. The summed E-state index contributed by atoms with van der Waals surface area (Å²) >= 11 is 0. The van der Waals surface area contributed by atoms with Gasteiger partial charge in [0.2, 0.25) is 0 Å². The van der Waals surface area contributed by atoms with E-state index >= 15 is 0 Å². The molecule has 0 saturated carbocycles. The molecular formula is C20H26FIN4O. The van der Waals surface area contributed by atoms with Gasteiger partial charge in [0.1, 0.15) is 11.6 Å². The monoisotopic (exact) mass is 484 g/mol. The van der Waals surface area contributed by atoms with Crippen molar-refractivity contribution in [3.63, 3.8) is 0 Å². The lowest BCUT2D eigenvalue weighted by atomic mass is 10.2. The van der Waals surface area contributed by atoms with Crippen LogP contribution in [0.15, 0.2) is 53.5 Å². The lowest BCUT2D eigenvalue weighted by molar-refractivity contribution is 0.415. The van der Waals surface area contributed by atoms with Crippen LogP contribution in [-0.4, -0.2) is 39.2 Å². The van der Waals surface area contributed by atoms with Crippen LogP contribution in [0.25, 0.3) is 0 Å². The maximum Gasteiger partial charge on any atom is 0.191 e. The SMILES string of the molecule is CN=C(NCc1ccc(F)cc1)NC1CCN(c2ccccc2OC)C1.I. The first-order valence-corrected chi connectivity index (χ1v) is 8.79. The van der Waals surface area contributed by atoms with Crippen LogP contribution in [-0.2, 0) is 6.54 Å². The highest BCUT2D eigenvalue weighted by molar-refractivity contribution is 14.0. The van der Waals surface area contributed by atoms with Crippen molar-refractivity contribution in [1.82, 2.24) is 10.6 Å². The minimum absolute atomic E-state index is 0. The van der Waals surface area contributed by atoms with Crippen molar-refractivity contribution in [2.75, 3.05) is 32.1 Å². The summed E-state index contributed by atoms with van der Waals surface area (Å²) in [5, 5.41) is 6.75. The van der Waals surface area contributed by atoms with E-state index in [2.05, 4.69) is 26.6 Å². The van der Waals surface area contributed by atoms with Gasteiger partial charge in [0.25, 0.3) is 0 Å². The largest absolute Gasteiger partial charge is 0.495 e. The van der Waals surface area contributed by atoms with Gasteiger partial charge in [-0.2, -0.15) is 0 Å². The Morgan fingerprint density at radius 1 is 1.22 bits per heavy atom. The number of aliphatic imine (C=N–C) groups is 1. The molecule has 5 nitrogen and oxygen atoms in total. The van der Waals surface area contributed by atoms with Gasteiger partial charge in [-0.05, 0) is 36.2 Å². The quantitative estimate of drug-likeness (QED) is 0.388. The molecule has 27 heavy (non-hydrogen) atoms. The molecule has 0 radical (unpaired) electrons. The first-order valence-electron chi connectivity index (χ1n) is 8.79. The van der Waals surface area contributed by atoms with Gasteiger partial charge in [0.15, 0.2) is 5.96 Å². The van der Waals surface area contributed by atoms with Crippen LogP contribution in [0.3, 0.4) is 0 Å². The molecule has 1 fully saturated rings. The number of ether oxygens (including phenoxy) is 1. The molecule has 146 valence electrons. The first-order chi connectivity index (χ1) is 12.7. The topological polar surface area (TPSA) is 48.9 Å². The van der Waals surface area contributed by atoms with Crippen LogP contribution in [0.2, 0.25) is 0 Å². The van der Waals surface area contributed by atoms with Crippen LogP contribution < -0.4 is 20.3 Å². The maximum atomic E-state index is 13.0. The molecular weight excluding hydrogens is 458 g/mol. The molecule has 0 aromatic heterocycles. The summed E-state index contributed by atoms with van der Waals surface area (Å²) in [6.45, 7) is 2.45. The second kappa shape index (κ2) is 10.3. The number of halogens is 2. The number of hydrogen-bond acceptors (Lipinski definition) is 3. The van der Waals surface area contributed by atoms with E-state index in [1.807, 2.05) is 18.2 Å². The third kappa shape index (κ3) is 5.72. The number of nitrogens with zero attached hydrogens (tertiary/aromatic N) is 2. The number of guanidine groups is 1. The highest BCUT2D eigenvalue weighted by atomic mass is 127. The average Bonchev–Trinajstić information content (AvgIpc) is 3.14. The number of methoxy groups -OCH3 is 1. The molecule has 1 heterocycles. The standard InChI is InChI=1S/C20H25FN4O.HI/c1-22-20(23-13-15-7-9-16(21)10-8-15)24-17-11-12-25(14-17)18-5-3-4-6-19(18)26-2;/h3-10,17H,11-14H2,1-2H3,(H2,22,23,24);1H. The van der Waals surface area contributed by atoms with Gasteiger partial charge in [-0.3, -0.25) is 4.99 Å². The highest BCUT2D eigenvalue weighted by Crippen LogP contribution is 2.30. The normalized spacial score (nSPS) is 16.6. The summed E-state index contributed by atoms with van der Waals surface area (Å²) in [5.41, 5.74) is 2.13. The number of benzene rings is 2. The maximum absolute atomic E-state index is 13.0. The van der Waals surface area contributed by atoms with Crippen molar-refractivity contribution in [2.45, 2.75) is 19.0 Å². The van der Waals surface area contributed by atoms with E-state index in [9.17, 15) is 4.39 Å². The van der Waals surface area contributed by atoms with Gasteiger partial charge in [-0.15, -0.1) is 24.0 Å². The summed E-state index contributed by atoms with van der Waals surface area (Å²) in [7, 11) is 3.46. The average molecular weight is 484 g/mol. The Labute approximate surface area is 177 Å². The minimum atomic E-state index is -0.223. The molecule has 0 bridgehead atoms. The fraction of sp³-hybridized carbons (Fsp3) is 0.350. The van der Waals surface area contributed by atoms with Crippen LogP contribution in [0.5, 0.6) is 5.75 Å². The van der Waals surface area contributed by atoms with E-state index in [-0.39, 0.29) is 29.8 Å². The van der Waals surface area contributed by atoms with Crippen molar-refractivity contribution < 1.29 is 9.13 Å². The van der Waals surface area contributed by atoms with Gasteiger partial charge in [-0.1, -0.05) is 24.3 Å². The number of nitrogens with one attached hydrogen (secondary N) is 2. The van der Waals surface area contributed by atoms with Crippen molar-refractivity contribution >= 4 is 35.6 Å². The van der Waals surface area contributed by atoms with Gasteiger partial charge in [0.05, 0.1) is 12.8 Å². The van der Waals surface area contributed by atoms with E-state index in [0.717, 1.165) is 42.5 Å². The fourth-order valence-corrected chi connectivity index (χ4v) is 3.16. The fourth-order valence-electron chi connectivity index (χ4n) is 3.16. The van der Waals surface area contributed by atoms with Crippen molar-refractivity contribution in [3.8, 4) is 5.75 Å². The van der Waals surface area contributed by atoms with E-state index in [1.165, 1.54) is 12.1 Å². The molecule has 2 aromatic rings. The van der Waals surface area contributed by atoms with Gasteiger partial charge >= 0.3 is 0 Å². The second-order valence-electron chi connectivity index (χ2n) is 6.30. The number of rotatable bonds is 5. The Kier molecular flexibility index (Phi) is 8.15. The highest BCUT2D eigenvalue weighted by Gasteiger charge is 2.25. The summed E-state index contributed by atoms with van der Waals surface area (Å²) in [6.07, 6.45) is 1.02. The summed E-state index contributed by atoms with van der Waals surface area (Å²) < 4.78 is 18.4. The van der Waals surface area contributed by atoms with E-state index in [4.69, 9.17) is 4.74 Å². The Morgan fingerprint density at radius 2 is 1.96 bits per heavy atom. The molecule has 0 spiro atoms. The van der Waals surface area contributed by atoms with Crippen LogP contribution in [0, 0.1) is 5.82 Å². The smallest absolute Gasteiger partial charge is 0.191 e. The Hall–Kier alpha value is -2.03. The predicted octanol–water partition coefficient (Wildman–Crippen LogP) is 3.40. The first kappa shape index (κ1) is 21.3. The molecule has 7 heteroatoms. The Balaban J connectivity index is 0.00000261. The van der Waals surface area contributed by atoms with Crippen molar-refractivity contribution in [2.24, 2.45) is 4.99 Å². The molecule has 1 atom stereocenters. The second-order valence-corrected chi connectivity index (χ2v) is 6.30. The number of anilines is 1. The third-order valence-corrected chi connectivity index (χ3v) is 4.55. The van der Waals surface area contributed by atoms with Crippen LogP contribution in [0.4, 0.5) is 10.1 Å². The van der Waals surface area contributed by atoms with Gasteiger partial charge < -0.3 is 20.3 Å². The predicted molar refractivity (Wildman–Crippen MR) is 119 cm³/mol. The molecule has 2 aromatic carbocycles. The third-order valence-electron chi connectivity index (χ3n) is 4.55. The van der Waals surface area contributed by atoms with Gasteiger partial charge in [0, 0.05) is 32.7 Å². The molecule has 2 N–H and O–H groups in total. The lowest BCUT2D eigenvalue weighted by Crippen LogP contribution is -2.44. The Morgan fingerprint density at radius 3 is 2.67 bits per heavy atom. The number of para-hydroxylation sites is 2. The molecule has 1 aliphatic rings. The molecule has 0 aliphatic carbocycles. The molecule has 1 unspecified atom stereocenters. The summed E-state index contributed by atoms with van der Waals surface area (Å²) in [5.74, 6) is 1.42. The summed E-state index contributed by atoms with van der Waals surface area (Å²) in [4.78, 5) is 6.62. The molecule has 1 saturated heterocycles. The Bertz CT molecular complexity index is 754. The lowest BCUT2D eigenvalue weighted by Gasteiger charge is -2.22. The zero-order chi connectivity index (χ0) is 18.4. The summed E-state index contributed by atoms with van der Waals surface area (Å²) in [6, 6.07) is 14.9. The van der Waals surface area contributed by atoms with E-state index in [0.29, 0.717) is 12.6 Å². The molecule has 3 rings (SSSR count). The van der Waals surface area contributed by atoms with Crippen molar-refractivity contribution in [3.05, 3.63) is 59.9 Å². The zero-order valence-corrected chi connectivity index (χ0v) is 17.9. The van der Waals surface area contributed by atoms with Gasteiger partial charge in [-0.25, -0.2) is 4.39 Å². The minimum Gasteiger partial charge on any atom is -0.495 e. The van der Waals surface area contributed by atoms with E-state index in [1.54, 1.807) is 26.3 Å². The van der Waals surface area contributed by atoms with Crippen LogP contribution in [0.1, 0.15) is 12.0 Å². The van der Waals surface area contributed by atoms with Crippen molar-refractivity contribution in [1.29, 1.82) is 0 Å².